The quantitative estimate of drug-likeness (QED) is 0.826. The summed E-state index contributed by atoms with van der Waals surface area (Å²) in [5, 5.41) is 2.89. The molecule has 0 radical (unpaired) electrons. The summed E-state index contributed by atoms with van der Waals surface area (Å²) in [5.41, 5.74) is 9.45. The Labute approximate surface area is 132 Å². The lowest BCUT2D eigenvalue weighted by molar-refractivity contribution is 0.102. The minimum absolute atomic E-state index is 0.294. The molecule has 5 heteroatoms. The fourth-order valence-electron chi connectivity index (χ4n) is 2.21. The van der Waals surface area contributed by atoms with Crippen molar-refractivity contribution in [3.63, 3.8) is 0 Å². The average molecular weight is 349 g/mol. The zero-order valence-electron chi connectivity index (χ0n) is 12.2. The number of aryl methyl sites for hydroxylation is 2. The van der Waals surface area contributed by atoms with Crippen LogP contribution < -0.4 is 15.8 Å². The number of nitrogens with two attached hydrogens (primary N) is 1. The molecule has 2 aromatic rings. The van der Waals surface area contributed by atoms with E-state index in [2.05, 4.69) is 21.2 Å². The second kappa shape index (κ2) is 6.18. The lowest BCUT2D eigenvalue weighted by Crippen LogP contribution is -2.16. The number of hydrogen-bond donors (Lipinski definition) is 2. The molecule has 0 aliphatic rings. The van der Waals surface area contributed by atoms with E-state index in [1.54, 1.807) is 18.2 Å². The molecule has 0 saturated heterocycles. The van der Waals surface area contributed by atoms with E-state index in [4.69, 9.17) is 10.5 Å². The van der Waals surface area contributed by atoms with Crippen LogP contribution in [0.5, 0.6) is 5.75 Å². The summed E-state index contributed by atoms with van der Waals surface area (Å²) in [5.74, 6) is 0.158. The van der Waals surface area contributed by atoms with Gasteiger partial charge in [-0.3, -0.25) is 4.79 Å². The molecule has 0 aliphatic carbocycles. The SMILES string of the molecule is COc1cccc(N)c1C(=O)Nc1c(C)cc(C)cc1Br. The minimum Gasteiger partial charge on any atom is -0.496 e. The third kappa shape index (κ3) is 3.19. The van der Waals surface area contributed by atoms with E-state index in [9.17, 15) is 4.79 Å². The number of anilines is 2. The first kappa shape index (κ1) is 15.4. The first-order chi connectivity index (χ1) is 9.93. The monoisotopic (exact) mass is 348 g/mol. The fraction of sp³-hybridized carbons (Fsp3) is 0.188. The maximum absolute atomic E-state index is 12.5. The Morgan fingerprint density at radius 1 is 1.29 bits per heavy atom. The highest BCUT2D eigenvalue weighted by molar-refractivity contribution is 9.10. The van der Waals surface area contributed by atoms with Gasteiger partial charge >= 0.3 is 0 Å². The number of nitrogens with one attached hydrogen (secondary N) is 1. The van der Waals surface area contributed by atoms with Crippen molar-refractivity contribution >= 4 is 33.2 Å². The van der Waals surface area contributed by atoms with E-state index in [0.717, 1.165) is 21.3 Å². The summed E-state index contributed by atoms with van der Waals surface area (Å²) in [6.07, 6.45) is 0. The van der Waals surface area contributed by atoms with Crippen LogP contribution in [0.15, 0.2) is 34.8 Å². The van der Waals surface area contributed by atoms with Crippen LogP contribution in [-0.2, 0) is 0 Å². The molecule has 2 rings (SSSR count). The average Bonchev–Trinajstić information content (AvgIpc) is 2.42. The standard InChI is InChI=1S/C16H17BrN2O2/c1-9-7-10(2)15(11(17)8-9)19-16(20)14-12(18)5-4-6-13(14)21-3/h4-8H,18H2,1-3H3,(H,19,20). The topological polar surface area (TPSA) is 64.3 Å². The normalized spacial score (nSPS) is 10.3. The highest BCUT2D eigenvalue weighted by Crippen LogP contribution is 2.30. The molecule has 0 aliphatic heterocycles. The van der Waals surface area contributed by atoms with E-state index in [0.29, 0.717) is 17.0 Å². The fourth-order valence-corrected chi connectivity index (χ4v) is 2.98. The molecule has 0 spiro atoms. The van der Waals surface area contributed by atoms with E-state index < -0.39 is 0 Å². The molecular formula is C16H17BrN2O2. The number of halogens is 1. The smallest absolute Gasteiger partial charge is 0.261 e. The van der Waals surface area contributed by atoms with Crippen molar-refractivity contribution in [2.45, 2.75) is 13.8 Å². The maximum Gasteiger partial charge on any atom is 0.261 e. The van der Waals surface area contributed by atoms with Crippen molar-refractivity contribution in [1.29, 1.82) is 0 Å². The molecule has 0 bridgehead atoms. The van der Waals surface area contributed by atoms with Crippen molar-refractivity contribution in [3.8, 4) is 5.75 Å². The van der Waals surface area contributed by atoms with E-state index in [1.165, 1.54) is 7.11 Å². The first-order valence-corrected chi connectivity index (χ1v) is 7.24. The van der Waals surface area contributed by atoms with Crippen LogP contribution in [0.25, 0.3) is 0 Å². The molecule has 3 N–H and O–H groups in total. The molecule has 0 saturated carbocycles. The van der Waals surface area contributed by atoms with Crippen molar-refractivity contribution < 1.29 is 9.53 Å². The summed E-state index contributed by atoms with van der Waals surface area (Å²) < 4.78 is 6.05. The van der Waals surface area contributed by atoms with Gasteiger partial charge in [0, 0.05) is 10.2 Å². The molecule has 110 valence electrons. The van der Waals surface area contributed by atoms with Gasteiger partial charge in [-0.05, 0) is 59.1 Å². The largest absolute Gasteiger partial charge is 0.496 e. The Morgan fingerprint density at radius 2 is 2.00 bits per heavy atom. The Morgan fingerprint density at radius 3 is 2.62 bits per heavy atom. The number of amides is 1. The zero-order valence-corrected chi connectivity index (χ0v) is 13.7. The van der Waals surface area contributed by atoms with Crippen molar-refractivity contribution in [2.75, 3.05) is 18.2 Å². The predicted molar refractivity (Wildman–Crippen MR) is 89.0 cm³/mol. The van der Waals surface area contributed by atoms with Crippen LogP contribution in [-0.4, -0.2) is 13.0 Å². The summed E-state index contributed by atoms with van der Waals surface area (Å²) in [7, 11) is 1.51. The third-order valence-electron chi connectivity index (χ3n) is 3.18. The molecule has 0 aromatic heterocycles. The zero-order chi connectivity index (χ0) is 15.6. The van der Waals surface area contributed by atoms with Crippen molar-refractivity contribution in [1.82, 2.24) is 0 Å². The molecular weight excluding hydrogens is 332 g/mol. The molecule has 4 nitrogen and oxygen atoms in total. The number of carbonyl (C=O) groups excluding carboxylic acids is 1. The highest BCUT2D eigenvalue weighted by atomic mass is 79.9. The Kier molecular flexibility index (Phi) is 4.53. The van der Waals surface area contributed by atoms with Crippen LogP contribution in [0.4, 0.5) is 11.4 Å². The summed E-state index contributed by atoms with van der Waals surface area (Å²) in [6.45, 7) is 3.94. The van der Waals surface area contributed by atoms with Gasteiger partial charge in [0.05, 0.1) is 12.8 Å². The molecule has 0 heterocycles. The lowest BCUT2D eigenvalue weighted by Gasteiger charge is -2.14. The number of carbonyl (C=O) groups is 1. The molecule has 0 fully saturated rings. The molecule has 21 heavy (non-hydrogen) atoms. The van der Waals surface area contributed by atoms with E-state index in [-0.39, 0.29) is 5.91 Å². The lowest BCUT2D eigenvalue weighted by atomic mass is 10.1. The molecule has 1 amide bonds. The third-order valence-corrected chi connectivity index (χ3v) is 3.80. The van der Waals surface area contributed by atoms with Crippen molar-refractivity contribution in [2.24, 2.45) is 0 Å². The van der Waals surface area contributed by atoms with Crippen LogP contribution in [0.2, 0.25) is 0 Å². The van der Waals surface area contributed by atoms with Gasteiger partial charge in [0.25, 0.3) is 5.91 Å². The van der Waals surface area contributed by atoms with Crippen LogP contribution >= 0.6 is 15.9 Å². The second-order valence-electron chi connectivity index (χ2n) is 4.82. The van der Waals surface area contributed by atoms with Gasteiger partial charge < -0.3 is 15.8 Å². The van der Waals surface area contributed by atoms with Gasteiger partial charge in [0.15, 0.2) is 0 Å². The van der Waals surface area contributed by atoms with Gasteiger partial charge in [-0.15, -0.1) is 0 Å². The summed E-state index contributed by atoms with van der Waals surface area (Å²) in [6, 6.07) is 9.09. The minimum atomic E-state index is -0.294. The van der Waals surface area contributed by atoms with Crippen LogP contribution in [0, 0.1) is 13.8 Å². The molecule has 2 aromatic carbocycles. The Balaban J connectivity index is 2.40. The Hall–Kier alpha value is -2.01. The molecule has 0 atom stereocenters. The van der Waals surface area contributed by atoms with Gasteiger partial charge in [-0.25, -0.2) is 0 Å². The number of methoxy groups -OCH3 is 1. The number of rotatable bonds is 3. The second-order valence-corrected chi connectivity index (χ2v) is 5.67. The number of nitrogen functional groups attached to an aromatic ring is 1. The first-order valence-electron chi connectivity index (χ1n) is 6.44. The number of ether oxygens (including phenoxy) is 1. The number of benzene rings is 2. The van der Waals surface area contributed by atoms with Crippen LogP contribution in [0.1, 0.15) is 21.5 Å². The van der Waals surface area contributed by atoms with Crippen molar-refractivity contribution in [3.05, 3.63) is 51.5 Å². The predicted octanol–water partition coefficient (Wildman–Crippen LogP) is 3.91. The van der Waals surface area contributed by atoms with Gasteiger partial charge in [0.1, 0.15) is 11.3 Å². The maximum atomic E-state index is 12.5. The Bertz CT molecular complexity index is 676. The van der Waals surface area contributed by atoms with E-state index in [1.807, 2.05) is 26.0 Å². The molecule has 0 unspecified atom stereocenters. The number of hydrogen-bond acceptors (Lipinski definition) is 3. The van der Waals surface area contributed by atoms with Gasteiger partial charge in [-0.1, -0.05) is 12.1 Å². The van der Waals surface area contributed by atoms with Crippen LogP contribution in [0.3, 0.4) is 0 Å². The van der Waals surface area contributed by atoms with Gasteiger partial charge in [0.2, 0.25) is 0 Å². The van der Waals surface area contributed by atoms with Gasteiger partial charge in [-0.2, -0.15) is 0 Å². The highest BCUT2D eigenvalue weighted by Gasteiger charge is 2.17. The summed E-state index contributed by atoms with van der Waals surface area (Å²) in [4.78, 5) is 12.5. The summed E-state index contributed by atoms with van der Waals surface area (Å²) >= 11 is 3.48. The van der Waals surface area contributed by atoms with E-state index >= 15 is 0 Å².